The van der Waals surface area contributed by atoms with Crippen LogP contribution in [0.25, 0.3) is 6.08 Å². The van der Waals surface area contributed by atoms with Crippen LogP contribution in [0, 0.1) is 11.6 Å². The van der Waals surface area contributed by atoms with E-state index >= 15 is 0 Å². The van der Waals surface area contributed by atoms with Gasteiger partial charge in [-0.15, -0.1) is 0 Å². The van der Waals surface area contributed by atoms with Crippen molar-refractivity contribution in [1.82, 2.24) is 10.9 Å². The van der Waals surface area contributed by atoms with Gasteiger partial charge in [-0.3, -0.25) is 20.4 Å². The summed E-state index contributed by atoms with van der Waals surface area (Å²) in [5, 5.41) is 0. The maximum Gasteiger partial charge on any atom is 0.272 e. The normalized spacial score (nSPS) is 10.5. The van der Waals surface area contributed by atoms with Crippen molar-refractivity contribution < 1.29 is 18.4 Å². The molecule has 2 N–H and O–H groups in total. The molecule has 112 valence electrons. The Labute approximate surface area is 125 Å². The summed E-state index contributed by atoms with van der Waals surface area (Å²) in [6, 6.07) is 11.3. The fourth-order valence-electron chi connectivity index (χ4n) is 1.65. The van der Waals surface area contributed by atoms with Crippen molar-refractivity contribution in [2.45, 2.75) is 0 Å². The molecule has 0 radical (unpaired) electrons. The molecule has 6 heteroatoms. The highest BCUT2D eigenvalue weighted by Crippen LogP contribution is 2.08. The van der Waals surface area contributed by atoms with Crippen molar-refractivity contribution in [2.75, 3.05) is 0 Å². The number of halogens is 2. The summed E-state index contributed by atoms with van der Waals surface area (Å²) in [4.78, 5) is 23.2. The second-order valence-electron chi connectivity index (χ2n) is 4.28. The predicted molar refractivity (Wildman–Crippen MR) is 77.4 cm³/mol. The molecule has 0 aromatic heterocycles. The third kappa shape index (κ3) is 3.99. The van der Waals surface area contributed by atoms with E-state index in [2.05, 4.69) is 10.9 Å². The molecule has 0 saturated carbocycles. The number of nitrogens with one attached hydrogen (secondary N) is 2. The topological polar surface area (TPSA) is 58.2 Å². The number of amides is 2. The van der Waals surface area contributed by atoms with E-state index in [0.717, 1.165) is 12.1 Å². The summed E-state index contributed by atoms with van der Waals surface area (Å²) in [6.45, 7) is 0. The zero-order valence-electron chi connectivity index (χ0n) is 11.3. The lowest BCUT2D eigenvalue weighted by atomic mass is 10.2. The summed E-state index contributed by atoms with van der Waals surface area (Å²) in [6.07, 6.45) is 2.32. The molecule has 2 aromatic carbocycles. The molecular weight excluding hydrogens is 290 g/mol. The Balaban J connectivity index is 1.92. The first-order valence-electron chi connectivity index (χ1n) is 6.35. The molecule has 0 atom stereocenters. The molecule has 0 fully saturated rings. The first-order valence-corrected chi connectivity index (χ1v) is 6.35. The van der Waals surface area contributed by atoms with Crippen LogP contribution in [-0.2, 0) is 4.79 Å². The van der Waals surface area contributed by atoms with Gasteiger partial charge < -0.3 is 0 Å². The number of hydrogen-bond donors (Lipinski definition) is 2. The van der Waals surface area contributed by atoms with E-state index < -0.39 is 23.4 Å². The van der Waals surface area contributed by atoms with Crippen molar-refractivity contribution in [3.63, 3.8) is 0 Å². The summed E-state index contributed by atoms with van der Waals surface area (Å²) in [5.74, 6) is -2.63. The standard InChI is InChI=1S/C16H12F2N2O2/c17-13-7-3-1-5-11(13)9-10-15(21)19-20-16(22)12-6-2-4-8-14(12)18/h1-10H,(H,19,21)(H,20,22)/b10-9+. The van der Waals surface area contributed by atoms with Gasteiger partial charge in [-0.1, -0.05) is 30.3 Å². The van der Waals surface area contributed by atoms with Crippen LogP contribution in [-0.4, -0.2) is 11.8 Å². The lowest BCUT2D eigenvalue weighted by Gasteiger charge is -2.05. The highest BCUT2D eigenvalue weighted by atomic mass is 19.1. The first kappa shape index (κ1) is 15.4. The molecule has 2 amide bonds. The fourth-order valence-corrected chi connectivity index (χ4v) is 1.65. The van der Waals surface area contributed by atoms with E-state index in [9.17, 15) is 18.4 Å². The van der Waals surface area contributed by atoms with E-state index in [1.165, 1.54) is 42.5 Å². The maximum absolute atomic E-state index is 13.3. The monoisotopic (exact) mass is 302 g/mol. The van der Waals surface area contributed by atoms with Gasteiger partial charge >= 0.3 is 0 Å². The molecule has 0 heterocycles. The second kappa shape index (κ2) is 7.12. The molecule has 2 aromatic rings. The third-order valence-electron chi connectivity index (χ3n) is 2.74. The Kier molecular flexibility index (Phi) is 4.98. The van der Waals surface area contributed by atoms with Gasteiger partial charge in [0.15, 0.2) is 0 Å². The molecule has 2 rings (SSSR count). The number of carbonyl (C=O) groups is 2. The summed E-state index contributed by atoms with van der Waals surface area (Å²) in [5.41, 5.74) is 4.19. The van der Waals surface area contributed by atoms with Gasteiger partial charge in [-0.25, -0.2) is 8.78 Å². The number of benzene rings is 2. The van der Waals surface area contributed by atoms with Gasteiger partial charge in [0.2, 0.25) is 0 Å². The lowest BCUT2D eigenvalue weighted by molar-refractivity contribution is -0.117. The minimum atomic E-state index is -0.786. The van der Waals surface area contributed by atoms with Crippen LogP contribution >= 0.6 is 0 Å². The number of rotatable bonds is 3. The minimum Gasteiger partial charge on any atom is -0.268 e. The predicted octanol–water partition coefficient (Wildman–Crippen LogP) is 2.44. The second-order valence-corrected chi connectivity index (χ2v) is 4.28. The first-order chi connectivity index (χ1) is 10.6. The van der Waals surface area contributed by atoms with Crippen LogP contribution < -0.4 is 10.9 Å². The summed E-state index contributed by atoms with van der Waals surface area (Å²) in [7, 11) is 0. The van der Waals surface area contributed by atoms with Crippen molar-refractivity contribution in [3.8, 4) is 0 Å². The number of hydrogen-bond acceptors (Lipinski definition) is 2. The van der Waals surface area contributed by atoms with Gasteiger partial charge in [0.05, 0.1) is 5.56 Å². The fraction of sp³-hybridized carbons (Fsp3) is 0. The van der Waals surface area contributed by atoms with E-state index in [-0.39, 0.29) is 11.1 Å². The number of carbonyl (C=O) groups excluding carboxylic acids is 2. The smallest absolute Gasteiger partial charge is 0.268 e. The van der Waals surface area contributed by atoms with Crippen LogP contribution in [0.3, 0.4) is 0 Å². The van der Waals surface area contributed by atoms with Crippen LogP contribution in [0.5, 0.6) is 0 Å². The quantitative estimate of drug-likeness (QED) is 0.676. The Morgan fingerprint density at radius 3 is 2.18 bits per heavy atom. The summed E-state index contributed by atoms with van der Waals surface area (Å²) < 4.78 is 26.7. The van der Waals surface area contributed by atoms with Gasteiger partial charge in [0, 0.05) is 11.6 Å². The third-order valence-corrected chi connectivity index (χ3v) is 2.74. The van der Waals surface area contributed by atoms with Crippen molar-refractivity contribution >= 4 is 17.9 Å². The number of hydrazine groups is 1. The molecule has 0 unspecified atom stereocenters. The zero-order valence-corrected chi connectivity index (χ0v) is 11.3. The molecule has 0 aliphatic rings. The van der Waals surface area contributed by atoms with E-state index in [0.29, 0.717) is 0 Å². The van der Waals surface area contributed by atoms with Crippen molar-refractivity contribution in [3.05, 3.63) is 77.4 Å². The van der Waals surface area contributed by atoms with Crippen LogP contribution in [0.15, 0.2) is 54.6 Å². The molecule has 0 spiro atoms. The molecule has 0 aliphatic carbocycles. The van der Waals surface area contributed by atoms with Crippen LogP contribution in [0.4, 0.5) is 8.78 Å². The molecule has 0 aliphatic heterocycles. The van der Waals surface area contributed by atoms with Crippen molar-refractivity contribution in [2.24, 2.45) is 0 Å². The minimum absolute atomic E-state index is 0.194. The highest BCUT2D eigenvalue weighted by molar-refractivity contribution is 5.98. The molecule has 0 saturated heterocycles. The molecular formula is C16H12F2N2O2. The zero-order chi connectivity index (χ0) is 15.9. The average Bonchev–Trinajstić information content (AvgIpc) is 2.52. The highest BCUT2D eigenvalue weighted by Gasteiger charge is 2.10. The lowest BCUT2D eigenvalue weighted by Crippen LogP contribution is -2.41. The Morgan fingerprint density at radius 2 is 1.50 bits per heavy atom. The summed E-state index contributed by atoms with van der Waals surface area (Å²) >= 11 is 0. The SMILES string of the molecule is O=C(/C=C/c1ccccc1F)NNC(=O)c1ccccc1F. The van der Waals surface area contributed by atoms with Gasteiger partial charge in [-0.2, -0.15) is 0 Å². The van der Waals surface area contributed by atoms with E-state index in [1.807, 2.05) is 0 Å². The molecule has 0 bridgehead atoms. The van der Waals surface area contributed by atoms with E-state index in [4.69, 9.17) is 0 Å². The van der Waals surface area contributed by atoms with Crippen molar-refractivity contribution in [1.29, 1.82) is 0 Å². The Bertz CT molecular complexity index is 730. The Hall–Kier alpha value is -3.02. The largest absolute Gasteiger partial charge is 0.272 e. The van der Waals surface area contributed by atoms with Gasteiger partial charge in [-0.05, 0) is 24.3 Å². The molecule has 22 heavy (non-hydrogen) atoms. The van der Waals surface area contributed by atoms with Crippen LogP contribution in [0.1, 0.15) is 15.9 Å². The maximum atomic E-state index is 13.3. The van der Waals surface area contributed by atoms with Crippen LogP contribution in [0.2, 0.25) is 0 Å². The van der Waals surface area contributed by atoms with E-state index in [1.54, 1.807) is 6.07 Å². The van der Waals surface area contributed by atoms with Gasteiger partial charge in [0.25, 0.3) is 11.8 Å². The van der Waals surface area contributed by atoms with Gasteiger partial charge in [0.1, 0.15) is 11.6 Å². The molecule has 4 nitrogen and oxygen atoms in total. The Morgan fingerprint density at radius 1 is 0.864 bits per heavy atom. The average molecular weight is 302 g/mol.